The normalized spacial score (nSPS) is 11.5. The van der Waals surface area contributed by atoms with Crippen LogP contribution in [0, 0.1) is 13.8 Å². The number of rotatable bonds is 2. The molecule has 4 aromatic rings. The highest BCUT2D eigenvalue weighted by atomic mass is 15.0. The zero-order valence-corrected chi connectivity index (χ0v) is 12.1. The Morgan fingerprint density at radius 3 is 1.67 bits per heavy atom. The number of para-hydroxylation sites is 2. The summed E-state index contributed by atoms with van der Waals surface area (Å²) in [6, 6.07) is 12.4. The van der Waals surface area contributed by atoms with Crippen LogP contribution < -0.4 is 0 Å². The van der Waals surface area contributed by atoms with E-state index >= 15 is 0 Å². The maximum absolute atomic E-state index is 4.68. The van der Waals surface area contributed by atoms with Gasteiger partial charge in [0.15, 0.2) is 0 Å². The maximum atomic E-state index is 4.68. The first-order valence-corrected chi connectivity index (χ1v) is 7.09. The van der Waals surface area contributed by atoms with Gasteiger partial charge in [0.05, 0.1) is 28.5 Å². The highest BCUT2D eigenvalue weighted by Crippen LogP contribution is 2.19. The first kappa shape index (κ1) is 12.1. The third-order valence-corrected chi connectivity index (χ3v) is 3.86. The molecule has 0 bridgehead atoms. The van der Waals surface area contributed by atoms with Crippen molar-refractivity contribution in [3.05, 3.63) is 59.2 Å². The van der Waals surface area contributed by atoms with Crippen LogP contribution >= 0.6 is 0 Å². The van der Waals surface area contributed by atoms with E-state index in [4.69, 9.17) is 0 Å². The standard InChI is InChI=1S/C17H16N4/c1-10-5-3-7-12-16(10)20-14(18-12)9-15-19-13-8-4-6-11(2)17(13)21-15/h3-8H,9H2,1-2H3,(H,18,20)(H,19,21). The molecule has 0 spiro atoms. The number of nitrogens with one attached hydrogen (secondary N) is 2. The van der Waals surface area contributed by atoms with Crippen molar-refractivity contribution in [2.45, 2.75) is 20.3 Å². The van der Waals surface area contributed by atoms with Crippen molar-refractivity contribution in [2.75, 3.05) is 0 Å². The van der Waals surface area contributed by atoms with Gasteiger partial charge in [-0.05, 0) is 37.1 Å². The number of nitrogens with zero attached hydrogens (tertiary/aromatic N) is 2. The van der Waals surface area contributed by atoms with E-state index in [0.29, 0.717) is 6.42 Å². The van der Waals surface area contributed by atoms with E-state index in [-0.39, 0.29) is 0 Å². The molecule has 2 aromatic carbocycles. The summed E-state index contributed by atoms with van der Waals surface area (Å²) in [4.78, 5) is 16.1. The fraction of sp³-hybridized carbons (Fsp3) is 0.176. The highest BCUT2D eigenvalue weighted by molar-refractivity contribution is 5.79. The Morgan fingerprint density at radius 1 is 0.762 bits per heavy atom. The fourth-order valence-electron chi connectivity index (χ4n) is 2.78. The van der Waals surface area contributed by atoms with Crippen molar-refractivity contribution in [3.8, 4) is 0 Å². The van der Waals surface area contributed by atoms with E-state index in [1.807, 2.05) is 12.1 Å². The van der Waals surface area contributed by atoms with Crippen LogP contribution in [0.2, 0.25) is 0 Å². The monoisotopic (exact) mass is 276 g/mol. The second-order valence-corrected chi connectivity index (χ2v) is 5.49. The Bertz CT molecular complexity index is 868. The van der Waals surface area contributed by atoms with Crippen LogP contribution in [0.4, 0.5) is 0 Å². The largest absolute Gasteiger partial charge is 0.342 e. The second-order valence-electron chi connectivity index (χ2n) is 5.49. The number of imidazole rings is 2. The lowest BCUT2D eigenvalue weighted by Crippen LogP contribution is -1.92. The van der Waals surface area contributed by atoms with Gasteiger partial charge in [0.1, 0.15) is 11.6 Å². The van der Waals surface area contributed by atoms with Crippen molar-refractivity contribution in [1.82, 2.24) is 19.9 Å². The van der Waals surface area contributed by atoms with Crippen LogP contribution in [0.5, 0.6) is 0 Å². The van der Waals surface area contributed by atoms with Gasteiger partial charge in [-0.15, -0.1) is 0 Å². The Hall–Kier alpha value is -2.62. The number of fused-ring (bicyclic) bond motifs is 2. The average molecular weight is 276 g/mol. The molecular formula is C17H16N4. The molecule has 21 heavy (non-hydrogen) atoms. The van der Waals surface area contributed by atoms with Crippen molar-refractivity contribution < 1.29 is 0 Å². The number of hydrogen-bond acceptors (Lipinski definition) is 2. The smallest absolute Gasteiger partial charge is 0.114 e. The molecule has 2 aromatic heterocycles. The minimum absolute atomic E-state index is 0.683. The van der Waals surface area contributed by atoms with Crippen molar-refractivity contribution >= 4 is 22.1 Å². The van der Waals surface area contributed by atoms with Gasteiger partial charge in [0, 0.05) is 0 Å². The topological polar surface area (TPSA) is 57.4 Å². The molecule has 0 atom stereocenters. The van der Waals surface area contributed by atoms with Crippen molar-refractivity contribution in [3.63, 3.8) is 0 Å². The molecule has 0 saturated carbocycles. The van der Waals surface area contributed by atoms with Crippen molar-refractivity contribution in [1.29, 1.82) is 0 Å². The molecule has 0 amide bonds. The lowest BCUT2D eigenvalue weighted by atomic mass is 10.2. The highest BCUT2D eigenvalue weighted by Gasteiger charge is 2.09. The van der Waals surface area contributed by atoms with E-state index in [1.54, 1.807) is 0 Å². The van der Waals surface area contributed by atoms with E-state index in [1.165, 1.54) is 11.1 Å². The molecule has 0 unspecified atom stereocenters. The first-order valence-electron chi connectivity index (χ1n) is 7.09. The maximum Gasteiger partial charge on any atom is 0.114 e. The molecular weight excluding hydrogens is 260 g/mol. The van der Waals surface area contributed by atoms with Crippen molar-refractivity contribution in [2.24, 2.45) is 0 Å². The minimum Gasteiger partial charge on any atom is -0.342 e. The Kier molecular flexibility index (Phi) is 2.57. The van der Waals surface area contributed by atoms with Crippen LogP contribution in [0.25, 0.3) is 22.1 Å². The van der Waals surface area contributed by atoms with E-state index in [9.17, 15) is 0 Å². The molecule has 4 nitrogen and oxygen atoms in total. The summed E-state index contributed by atoms with van der Waals surface area (Å²) in [5, 5.41) is 0. The van der Waals surface area contributed by atoms with Gasteiger partial charge in [0.25, 0.3) is 0 Å². The summed E-state index contributed by atoms with van der Waals surface area (Å²) >= 11 is 0. The summed E-state index contributed by atoms with van der Waals surface area (Å²) in [5.41, 5.74) is 6.63. The summed E-state index contributed by atoms with van der Waals surface area (Å²) < 4.78 is 0. The molecule has 0 fully saturated rings. The van der Waals surface area contributed by atoms with E-state index in [2.05, 4.69) is 58.0 Å². The average Bonchev–Trinajstić information content (AvgIpc) is 3.04. The number of benzene rings is 2. The second kappa shape index (κ2) is 4.45. The van der Waals surface area contributed by atoms with Crippen LogP contribution in [-0.2, 0) is 6.42 Å². The first-order chi connectivity index (χ1) is 10.2. The Balaban J connectivity index is 1.75. The van der Waals surface area contributed by atoms with Gasteiger partial charge in [-0.25, -0.2) is 9.97 Å². The Labute approximate surface area is 122 Å². The molecule has 2 N–H and O–H groups in total. The van der Waals surface area contributed by atoms with Crippen LogP contribution in [0.3, 0.4) is 0 Å². The van der Waals surface area contributed by atoms with Crippen LogP contribution in [-0.4, -0.2) is 19.9 Å². The van der Waals surface area contributed by atoms with E-state index < -0.39 is 0 Å². The number of aromatic nitrogens is 4. The van der Waals surface area contributed by atoms with E-state index in [0.717, 1.165) is 33.7 Å². The quantitative estimate of drug-likeness (QED) is 0.587. The summed E-state index contributed by atoms with van der Waals surface area (Å²) in [6.45, 7) is 4.16. The molecule has 0 aliphatic heterocycles. The SMILES string of the molecule is Cc1cccc2[nH]c(Cc3nc4c(C)cccc4[nH]3)nc12. The molecule has 104 valence electrons. The van der Waals surface area contributed by atoms with Crippen LogP contribution in [0.15, 0.2) is 36.4 Å². The predicted molar refractivity (Wildman–Crippen MR) is 84.5 cm³/mol. The molecule has 0 aliphatic rings. The zero-order chi connectivity index (χ0) is 14.4. The number of aromatic amines is 2. The summed E-state index contributed by atoms with van der Waals surface area (Å²) in [7, 11) is 0. The van der Waals surface area contributed by atoms with Gasteiger partial charge >= 0.3 is 0 Å². The molecule has 0 aliphatic carbocycles. The molecule has 4 heteroatoms. The number of H-pyrrole nitrogens is 2. The van der Waals surface area contributed by atoms with Gasteiger partial charge in [-0.3, -0.25) is 0 Å². The zero-order valence-electron chi connectivity index (χ0n) is 12.1. The van der Waals surface area contributed by atoms with Gasteiger partial charge in [-0.2, -0.15) is 0 Å². The molecule has 2 heterocycles. The number of aryl methyl sites for hydroxylation is 2. The number of hydrogen-bond donors (Lipinski definition) is 2. The Morgan fingerprint density at radius 2 is 1.24 bits per heavy atom. The third-order valence-electron chi connectivity index (χ3n) is 3.86. The predicted octanol–water partition coefficient (Wildman–Crippen LogP) is 3.65. The van der Waals surface area contributed by atoms with Gasteiger partial charge in [0.2, 0.25) is 0 Å². The fourth-order valence-corrected chi connectivity index (χ4v) is 2.78. The molecule has 0 saturated heterocycles. The van der Waals surface area contributed by atoms with Gasteiger partial charge in [-0.1, -0.05) is 24.3 Å². The lowest BCUT2D eigenvalue weighted by Gasteiger charge is -1.91. The minimum atomic E-state index is 0.683. The third kappa shape index (κ3) is 2.00. The van der Waals surface area contributed by atoms with Gasteiger partial charge < -0.3 is 9.97 Å². The summed E-state index contributed by atoms with van der Waals surface area (Å²) in [6.07, 6.45) is 0.683. The molecule has 0 radical (unpaired) electrons. The lowest BCUT2D eigenvalue weighted by molar-refractivity contribution is 0.959. The molecule has 4 rings (SSSR count). The summed E-state index contributed by atoms with van der Waals surface area (Å²) in [5.74, 6) is 1.88. The van der Waals surface area contributed by atoms with Crippen LogP contribution in [0.1, 0.15) is 22.8 Å².